The van der Waals surface area contributed by atoms with Gasteiger partial charge in [-0.2, -0.15) is 5.10 Å². The number of rotatable bonds is 9. The minimum atomic E-state index is -0.376. The van der Waals surface area contributed by atoms with Crippen molar-refractivity contribution in [3.05, 3.63) is 86.8 Å². The highest BCUT2D eigenvalue weighted by molar-refractivity contribution is 9.10. The summed E-state index contributed by atoms with van der Waals surface area (Å²) in [5, 5.41) is 4.02. The van der Waals surface area contributed by atoms with E-state index in [4.69, 9.17) is 14.2 Å². The Morgan fingerprint density at radius 2 is 1.74 bits per heavy atom. The van der Waals surface area contributed by atoms with E-state index in [1.165, 1.54) is 6.21 Å². The van der Waals surface area contributed by atoms with Gasteiger partial charge in [-0.15, -0.1) is 0 Å². The summed E-state index contributed by atoms with van der Waals surface area (Å²) in [4.78, 5) is 12.0. The lowest BCUT2D eigenvalue weighted by atomic mass is 10.2. The summed E-state index contributed by atoms with van der Waals surface area (Å²) in [6, 6.07) is 20.5. The fourth-order valence-electron chi connectivity index (χ4n) is 2.56. The number of hydrogen-bond acceptors (Lipinski definition) is 5. The van der Waals surface area contributed by atoms with Crippen molar-refractivity contribution in [1.29, 1.82) is 0 Å². The highest BCUT2D eigenvalue weighted by atomic mass is 79.9. The molecule has 160 valence electrons. The van der Waals surface area contributed by atoms with E-state index < -0.39 is 0 Å². The maximum absolute atomic E-state index is 12.0. The first-order valence-electron chi connectivity index (χ1n) is 9.29. The molecule has 3 rings (SSSR count). The molecule has 3 aromatic rings. The van der Waals surface area contributed by atoms with Crippen LogP contribution in [0.5, 0.6) is 17.2 Å². The SMILES string of the molecule is COc1ccc(OCc2cccc(Br)c2)c(/C=N\NC(=O)COc2ccc(Br)cc2)c1. The average molecular weight is 548 g/mol. The van der Waals surface area contributed by atoms with E-state index >= 15 is 0 Å². The van der Waals surface area contributed by atoms with Gasteiger partial charge in [-0.1, -0.05) is 44.0 Å². The second kappa shape index (κ2) is 11.5. The molecule has 0 heterocycles. The number of carbonyl (C=O) groups excluding carboxylic acids is 1. The highest BCUT2D eigenvalue weighted by Gasteiger charge is 2.06. The summed E-state index contributed by atoms with van der Waals surface area (Å²) >= 11 is 6.80. The number of hydrazone groups is 1. The Bertz CT molecular complexity index is 1060. The Kier molecular flexibility index (Phi) is 8.49. The van der Waals surface area contributed by atoms with E-state index in [2.05, 4.69) is 42.4 Å². The van der Waals surface area contributed by atoms with Gasteiger partial charge < -0.3 is 14.2 Å². The molecule has 0 radical (unpaired) electrons. The number of ether oxygens (including phenoxy) is 3. The van der Waals surface area contributed by atoms with Crippen molar-refractivity contribution in [2.75, 3.05) is 13.7 Å². The van der Waals surface area contributed by atoms with Gasteiger partial charge in [0.1, 0.15) is 23.9 Å². The van der Waals surface area contributed by atoms with Gasteiger partial charge in [0.25, 0.3) is 5.91 Å². The summed E-state index contributed by atoms with van der Waals surface area (Å²) in [5.74, 6) is 1.49. The predicted octanol–water partition coefficient (Wildman–Crippen LogP) is 5.33. The van der Waals surface area contributed by atoms with Crippen molar-refractivity contribution in [1.82, 2.24) is 5.43 Å². The molecular weight excluding hydrogens is 528 g/mol. The van der Waals surface area contributed by atoms with Gasteiger partial charge in [-0.25, -0.2) is 5.43 Å². The minimum absolute atomic E-state index is 0.149. The highest BCUT2D eigenvalue weighted by Crippen LogP contribution is 2.24. The molecule has 3 aromatic carbocycles. The maximum atomic E-state index is 12.0. The Morgan fingerprint density at radius 1 is 0.968 bits per heavy atom. The number of nitrogens with zero attached hydrogens (tertiary/aromatic N) is 1. The molecule has 1 amide bonds. The Hall–Kier alpha value is -2.84. The van der Waals surface area contributed by atoms with Crippen LogP contribution >= 0.6 is 31.9 Å². The summed E-state index contributed by atoms with van der Waals surface area (Å²) in [6.07, 6.45) is 1.51. The van der Waals surface area contributed by atoms with Gasteiger partial charge in [0.2, 0.25) is 0 Å². The van der Waals surface area contributed by atoms with Gasteiger partial charge in [-0.05, 0) is 60.2 Å². The lowest BCUT2D eigenvalue weighted by Crippen LogP contribution is -2.24. The fourth-order valence-corrected chi connectivity index (χ4v) is 3.27. The molecule has 0 aliphatic rings. The van der Waals surface area contributed by atoms with Gasteiger partial charge in [0.15, 0.2) is 6.61 Å². The molecule has 0 aliphatic carbocycles. The summed E-state index contributed by atoms with van der Waals surface area (Å²) in [6.45, 7) is 0.239. The Morgan fingerprint density at radius 3 is 2.48 bits per heavy atom. The van der Waals surface area contributed by atoms with Gasteiger partial charge in [0, 0.05) is 14.5 Å². The topological polar surface area (TPSA) is 69.2 Å². The standard InChI is InChI=1S/C23H20Br2N2O4/c1-29-21-9-10-22(31-14-16-3-2-4-19(25)11-16)17(12-21)13-26-27-23(28)15-30-20-7-5-18(24)6-8-20/h2-13H,14-15H2,1H3,(H,27,28)/b26-13-. The molecule has 31 heavy (non-hydrogen) atoms. The molecular formula is C23H20Br2N2O4. The summed E-state index contributed by atoms with van der Waals surface area (Å²) in [7, 11) is 1.58. The molecule has 0 saturated carbocycles. The molecule has 0 bridgehead atoms. The third-order valence-corrected chi connectivity index (χ3v) is 5.10. The van der Waals surface area contributed by atoms with E-state index in [9.17, 15) is 4.79 Å². The van der Waals surface area contributed by atoms with Crippen LogP contribution in [0.3, 0.4) is 0 Å². The maximum Gasteiger partial charge on any atom is 0.277 e. The number of halogens is 2. The fraction of sp³-hybridized carbons (Fsp3) is 0.130. The van der Waals surface area contributed by atoms with Crippen molar-refractivity contribution < 1.29 is 19.0 Å². The number of nitrogens with one attached hydrogen (secondary N) is 1. The second-order valence-corrected chi connectivity index (χ2v) is 8.19. The molecule has 0 atom stereocenters. The molecule has 1 N–H and O–H groups in total. The van der Waals surface area contributed by atoms with Crippen LogP contribution < -0.4 is 19.6 Å². The Balaban J connectivity index is 1.59. The zero-order chi connectivity index (χ0) is 22.1. The lowest BCUT2D eigenvalue weighted by molar-refractivity contribution is -0.123. The van der Waals surface area contributed by atoms with Crippen molar-refractivity contribution in [2.45, 2.75) is 6.61 Å². The number of hydrogen-bond donors (Lipinski definition) is 1. The Labute approximate surface area is 197 Å². The van der Waals surface area contributed by atoms with Gasteiger partial charge in [-0.3, -0.25) is 4.79 Å². The van der Waals surface area contributed by atoms with E-state index in [-0.39, 0.29) is 12.5 Å². The lowest BCUT2D eigenvalue weighted by Gasteiger charge is -2.11. The monoisotopic (exact) mass is 546 g/mol. The van der Waals surface area contributed by atoms with Gasteiger partial charge >= 0.3 is 0 Å². The number of methoxy groups -OCH3 is 1. The number of amides is 1. The minimum Gasteiger partial charge on any atom is -0.497 e. The predicted molar refractivity (Wildman–Crippen MR) is 127 cm³/mol. The van der Waals surface area contributed by atoms with Crippen LogP contribution in [0.15, 0.2) is 80.8 Å². The van der Waals surface area contributed by atoms with Crippen LogP contribution in [0.25, 0.3) is 0 Å². The molecule has 0 fully saturated rings. The van der Waals surface area contributed by atoms with E-state index in [0.717, 1.165) is 14.5 Å². The molecule has 0 saturated heterocycles. The van der Waals surface area contributed by atoms with Crippen molar-refractivity contribution in [3.8, 4) is 17.2 Å². The third-order valence-electron chi connectivity index (χ3n) is 4.08. The van der Waals surface area contributed by atoms with E-state index in [0.29, 0.717) is 29.4 Å². The summed E-state index contributed by atoms with van der Waals surface area (Å²) in [5.41, 5.74) is 4.14. The third kappa shape index (κ3) is 7.41. The quantitative estimate of drug-likeness (QED) is 0.290. The molecule has 8 heteroatoms. The zero-order valence-electron chi connectivity index (χ0n) is 16.7. The van der Waals surface area contributed by atoms with E-state index in [1.54, 1.807) is 37.4 Å². The van der Waals surface area contributed by atoms with Crippen LogP contribution in [-0.4, -0.2) is 25.8 Å². The number of benzene rings is 3. The van der Waals surface area contributed by atoms with E-state index in [1.807, 2.05) is 36.4 Å². The van der Waals surface area contributed by atoms with Crippen LogP contribution in [0.1, 0.15) is 11.1 Å². The molecule has 0 spiro atoms. The molecule has 0 aromatic heterocycles. The molecule has 6 nitrogen and oxygen atoms in total. The van der Waals surface area contributed by atoms with Crippen LogP contribution in [0.2, 0.25) is 0 Å². The zero-order valence-corrected chi connectivity index (χ0v) is 19.9. The average Bonchev–Trinajstić information content (AvgIpc) is 2.78. The second-order valence-electron chi connectivity index (χ2n) is 6.36. The van der Waals surface area contributed by atoms with Crippen molar-refractivity contribution in [2.24, 2.45) is 5.10 Å². The first-order chi connectivity index (χ1) is 15.0. The normalized spacial score (nSPS) is 10.7. The van der Waals surface area contributed by atoms with Gasteiger partial charge in [0.05, 0.1) is 13.3 Å². The smallest absolute Gasteiger partial charge is 0.277 e. The van der Waals surface area contributed by atoms with Crippen LogP contribution in [0.4, 0.5) is 0 Å². The summed E-state index contributed by atoms with van der Waals surface area (Å²) < 4.78 is 18.6. The molecule has 0 aliphatic heterocycles. The first-order valence-corrected chi connectivity index (χ1v) is 10.9. The molecule has 0 unspecified atom stereocenters. The van der Waals surface area contributed by atoms with Crippen LogP contribution in [0, 0.1) is 0 Å². The largest absolute Gasteiger partial charge is 0.497 e. The number of carbonyl (C=O) groups is 1. The first kappa shape index (κ1) is 22.8. The van der Waals surface area contributed by atoms with Crippen molar-refractivity contribution >= 4 is 44.0 Å². The van der Waals surface area contributed by atoms with Crippen LogP contribution in [-0.2, 0) is 11.4 Å². The van der Waals surface area contributed by atoms with Crippen molar-refractivity contribution in [3.63, 3.8) is 0 Å².